The minimum Gasteiger partial charge on any atom is -0.456 e. The molecule has 2 amide bonds. The average Bonchev–Trinajstić information content (AvgIpc) is 3.12. The Hall–Kier alpha value is -3.82. The van der Waals surface area contributed by atoms with Crippen molar-refractivity contribution in [3.05, 3.63) is 101 Å². The molecule has 0 radical (unpaired) electrons. The van der Waals surface area contributed by atoms with E-state index in [1.54, 1.807) is 39.9 Å². The molecule has 0 spiro atoms. The fourth-order valence-corrected chi connectivity index (χ4v) is 5.03. The van der Waals surface area contributed by atoms with Gasteiger partial charge >= 0.3 is 12.0 Å². The number of urea groups is 1. The number of carbonyl (C=O) groups is 2. The van der Waals surface area contributed by atoms with E-state index in [4.69, 9.17) is 4.74 Å². The van der Waals surface area contributed by atoms with E-state index in [1.165, 1.54) is 4.90 Å². The highest BCUT2D eigenvalue weighted by molar-refractivity contribution is 5.95. The number of nitrogens with zero attached hydrogens (tertiary/aromatic N) is 4. The highest BCUT2D eigenvalue weighted by Crippen LogP contribution is 2.33. The van der Waals surface area contributed by atoms with Crippen LogP contribution in [-0.4, -0.2) is 58.7 Å². The summed E-state index contributed by atoms with van der Waals surface area (Å²) in [6.07, 6.45) is -0.493. The number of likely N-dealkylation sites (N-methyl/N-ethyl adjacent to an activating group) is 2. The van der Waals surface area contributed by atoms with E-state index in [2.05, 4.69) is 29.2 Å². The second-order valence-electron chi connectivity index (χ2n) is 11.1. The van der Waals surface area contributed by atoms with E-state index < -0.39 is 41.0 Å². The van der Waals surface area contributed by atoms with Gasteiger partial charge < -0.3 is 9.64 Å². The van der Waals surface area contributed by atoms with Crippen molar-refractivity contribution in [3.8, 4) is 0 Å². The van der Waals surface area contributed by atoms with Gasteiger partial charge in [-0.2, -0.15) is 5.01 Å². The van der Waals surface area contributed by atoms with Gasteiger partial charge in [-0.15, -0.1) is 0 Å². The van der Waals surface area contributed by atoms with E-state index >= 15 is 8.78 Å². The van der Waals surface area contributed by atoms with Crippen LogP contribution in [0.15, 0.2) is 72.8 Å². The van der Waals surface area contributed by atoms with Crippen molar-refractivity contribution in [3.63, 3.8) is 0 Å². The first-order valence-electron chi connectivity index (χ1n) is 13.2. The van der Waals surface area contributed by atoms with Gasteiger partial charge in [0.2, 0.25) is 0 Å². The summed E-state index contributed by atoms with van der Waals surface area (Å²) in [6.45, 7) is 8.18. The molecule has 2 atom stereocenters. The summed E-state index contributed by atoms with van der Waals surface area (Å²) in [5.74, 6) is -2.85. The summed E-state index contributed by atoms with van der Waals surface area (Å²) in [5.41, 5.74) is 0.545. The standard InChI is InChI=1S/C31H36F2N4O3/c1-21(36(19-22-13-9-7-10-14-22)20-23-15-11-8-12-16-23)28-34(5)30(39)37(35(28)6)27-18-25(32)24(17-26(27)33)29(38)40-31(2,3)4/h7-18,21,28H,19-20H2,1-6H3/t21-,28?/m1/s1. The zero-order chi connectivity index (χ0) is 29.2. The fourth-order valence-electron chi connectivity index (χ4n) is 5.03. The minimum absolute atomic E-state index is 0.210. The first-order chi connectivity index (χ1) is 18.9. The lowest BCUT2D eigenvalue weighted by atomic mass is 10.1. The monoisotopic (exact) mass is 550 g/mol. The normalized spacial score (nSPS) is 17.0. The Bertz CT molecular complexity index is 1310. The molecule has 4 rings (SSSR count). The summed E-state index contributed by atoms with van der Waals surface area (Å²) >= 11 is 0. The first-order valence-corrected chi connectivity index (χ1v) is 13.2. The molecule has 7 nitrogen and oxygen atoms in total. The predicted octanol–water partition coefficient (Wildman–Crippen LogP) is 6.06. The Morgan fingerprint density at radius 3 is 1.95 bits per heavy atom. The van der Waals surface area contributed by atoms with Gasteiger partial charge in [-0.25, -0.2) is 23.4 Å². The van der Waals surface area contributed by atoms with Crippen molar-refractivity contribution in [2.45, 2.75) is 58.6 Å². The third-order valence-electron chi connectivity index (χ3n) is 6.93. The van der Waals surface area contributed by atoms with Gasteiger partial charge in [-0.1, -0.05) is 60.7 Å². The molecule has 3 aromatic rings. The van der Waals surface area contributed by atoms with Crippen LogP contribution in [0.3, 0.4) is 0 Å². The molecule has 3 aromatic carbocycles. The number of hydrogen-bond acceptors (Lipinski definition) is 5. The van der Waals surface area contributed by atoms with Crippen LogP contribution in [-0.2, 0) is 17.8 Å². The predicted molar refractivity (Wildman–Crippen MR) is 150 cm³/mol. The topological polar surface area (TPSA) is 56.3 Å². The number of esters is 1. The van der Waals surface area contributed by atoms with Gasteiger partial charge in [0, 0.05) is 39.3 Å². The number of hydrogen-bond donors (Lipinski definition) is 0. The van der Waals surface area contributed by atoms with Crippen molar-refractivity contribution >= 4 is 17.7 Å². The van der Waals surface area contributed by atoms with Gasteiger partial charge in [0.25, 0.3) is 0 Å². The van der Waals surface area contributed by atoms with Crippen LogP contribution in [0, 0.1) is 11.6 Å². The van der Waals surface area contributed by atoms with Gasteiger partial charge in [0.05, 0.1) is 5.56 Å². The maximum Gasteiger partial charge on any atom is 0.341 e. The number of rotatable bonds is 8. The summed E-state index contributed by atoms with van der Waals surface area (Å²) in [7, 11) is 3.32. The largest absolute Gasteiger partial charge is 0.456 e. The average molecular weight is 551 g/mol. The Labute approximate surface area is 234 Å². The van der Waals surface area contributed by atoms with Crippen LogP contribution >= 0.6 is 0 Å². The van der Waals surface area contributed by atoms with Gasteiger partial charge in [-0.3, -0.25) is 4.90 Å². The van der Waals surface area contributed by atoms with Crippen molar-refractivity contribution in [1.29, 1.82) is 0 Å². The molecule has 1 heterocycles. The highest BCUT2D eigenvalue weighted by Gasteiger charge is 2.46. The number of benzene rings is 3. The van der Waals surface area contributed by atoms with Gasteiger partial charge in [-0.05, 0) is 44.9 Å². The van der Waals surface area contributed by atoms with Crippen LogP contribution in [0.25, 0.3) is 0 Å². The SMILES string of the molecule is C[C@H](C1N(C)C(=O)N(c2cc(F)c(C(=O)OC(C)(C)C)cc2F)N1C)N(Cc1ccccc1)Cc1ccccc1. The molecule has 0 aromatic heterocycles. The van der Waals surface area contributed by atoms with Gasteiger partial charge in [0.1, 0.15) is 29.1 Å². The lowest BCUT2D eigenvalue weighted by Gasteiger charge is -2.38. The smallest absolute Gasteiger partial charge is 0.341 e. The minimum atomic E-state index is -0.974. The summed E-state index contributed by atoms with van der Waals surface area (Å²) in [6, 6.07) is 21.0. The molecule has 1 fully saturated rings. The Morgan fingerprint density at radius 2 is 1.45 bits per heavy atom. The van der Waals surface area contributed by atoms with Crippen LogP contribution in [0.5, 0.6) is 0 Å². The van der Waals surface area contributed by atoms with Crippen LogP contribution in [0.1, 0.15) is 49.2 Å². The van der Waals surface area contributed by atoms with E-state index in [1.807, 2.05) is 43.3 Å². The quantitative estimate of drug-likeness (QED) is 0.320. The third kappa shape index (κ3) is 6.32. The molecule has 0 aliphatic carbocycles. The highest BCUT2D eigenvalue weighted by atomic mass is 19.1. The maximum absolute atomic E-state index is 15.4. The molecule has 1 saturated heterocycles. The number of amides is 2. The molecule has 1 unspecified atom stereocenters. The van der Waals surface area contributed by atoms with E-state index in [0.717, 1.165) is 28.3 Å². The zero-order valence-electron chi connectivity index (χ0n) is 23.8. The molecule has 0 saturated carbocycles. The third-order valence-corrected chi connectivity index (χ3v) is 6.93. The molecule has 40 heavy (non-hydrogen) atoms. The Kier molecular flexibility index (Phi) is 8.56. The molecule has 0 N–H and O–H groups in total. The number of ether oxygens (including phenoxy) is 1. The lowest BCUT2D eigenvalue weighted by Crippen LogP contribution is -2.52. The van der Waals surface area contributed by atoms with E-state index in [9.17, 15) is 9.59 Å². The maximum atomic E-state index is 15.4. The first kappa shape index (κ1) is 29.2. The van der Waals surface area contributed by atoms with Crippen molar-refractivity contribution in [2.24, 2.45) is 0 Å². The number of hydrazine groups is 1. The number of carbonyl (C=O) groups excluding carboxylic acids is 2. The summed E-state index contributed by atoms with van der Waals surface area (Å²) < 4.78 is 35.7. The van der Waals surface area contributed by atoms with Crippen LogP contribution in [0.2, 0.25) is 0 Å². The number of anilines is 1. The summed E-state index contributed by atoms with van der Waals surface area (Å²) in [5, 5.41) is 2.72. The molecule has 1 aliphatic rings. The van der Waals surface area contributed by atoms with Gasteiger partial charge in [0.15, 0.2) is 0 Å². The van der Waals surface area contributed by atoms with Crippen LogP contribution in [0.4, 0.5) is 19.3 Å². The molecular formula is C31H36F2N4O3. The Balaban J connectivity index is 1.64. The van der Waals surface area contributed by atoms with E-state index in [-0.39, 0.29) is 11.7 Å². The zero-order valence-corrected chi connectivity index (χ0v) is 23.8. The van der Waals surface area contributed by atoms with E-state index in [0.29, 0.717) is 13.1 Å². The molecular weight excluding hydrogens is 514 g/mol. The van der Waals surface area contributed by atoms with Crippen molar-refractivity contribution in [1.82, 2.24) is 14.8 Å². The van der Waals surface area contributed by atoms with Crippen molar-refractivity contribution < 1.29 is 23.1 Å². The Morgan fingerprint density at radius 1 is 0.925 bits per heavy atom. The fraction of sp³-hybridized carbons (Fsp3) is 0.355. The molecule has 0 bridgehead atoms. The summed E-state index contributed by atoms with van der Waals surface area (Å²) in [4.78, 5) is 29.7. The second kappa shape index (κ2) is 11.7. The lowest BCUT2D eigenvalue weighted by molar-refractivity contribution is 0.00641. The van der Waals surface area contributed by atoms with Crippen molar-refractivity contribution in [2.75, 3.05) is 19.1 Å². The number of halogens is 2. The molecule has 9 heteroatoms. The molecule has 212 valence electrons. The second-order valence-corrected chi connectivity index (χ2v) is 11.1. The molecule has 1 aliphatic heterocycles. The van der Waals surface area contributed by atoms with Crippen LogP contribution < -0.4 is 5.01 Å².